The second-order valence-electron chi connectivity index (χ2n) is 3.35. The van der Waals surface area contributed by atoms with Gasteiger partial charge in [-0.25, -0.2) is 0 Å². The fourth-order valence-electron chi connectivity index (χ4n) is 0.937. The van der Waals surface area contributed by atoms with E-state index in [-0.39, 0.29) is 0 Å². The lowest BCUT2D eigenvalue weighted by Crippen LogP contribution is -1.75. The van der Waals surface area contributed by atoms with Crippen molar-refractivity contribution in [2.24, 2.45) is 0 Å². The number of hydrogen-bond acceptors (Lipinski definition) is 1. The molecule has 0 fully saturated rings. The predicted molar refractivity (Wildman–Crippen MR) is 57.6 cm³/mol. The van der Waals surface area contributed by atoms with Gasteiger partial charge in [0.1, 0.15) is 6.29 Å². The van der Waals surface area contributed by atoms with Gasteiger partial charge in [0.25, 0.3) is 0 Å². The van der Waals surface area contributed by atoms with Gasteiger partial charge in [-0.3, -0.25) is 4.79 Å². The summed E-state index contributed by atoms with van der Waals surface area (Å²) < 4.78 is 0. The molecule has 13 heavy (non-hydrogen) atoms. The van der Waals surface area contributed by atoms with Crippen molar-refractivity contribution in [3.05, 3.63) is 35.5 Å². The minimum Gasteiger partial charge on any atom is -0.299 e. The fraction of sp³-hybridized carbons (Fsp3) is 0.417. The maximum Gasteiger partial charge on any atom is 0.142 e. The largest absolute Gasteiger partial charge is 0.299 e. The van der Waals surface area contributed by atoms with Gasteiger partial charge in [0.15, 0.2) is 0 Å². The number of aldehydes is 1. The topological polar surface area (TPSA) is 17.1 Å². The Morgan fingerprint density at radius 3 is 2.38 bits per heavy atom. The Hall–Kier alpha value is -1.11. The molecule has 0 aromatic carbocycles. The van der Waals surface area contributed by atoms with Crippen LogP contribution in [0.15, 0.2) is 35.5 Å². The molecule has 0 saturated carbocycles. The van der Waals surface area contributed by atoms with Crippen LogP contribution >= 0.6 is 0 Å². The molecule has 0 aromatic heterocycles. The Balaban J connectivity index is 3.79. The van der Waals surface area contributed by atoms with E-state index in [2.05, 4.69) is 26.8 Å². The van der Waals surface area contributed by atoms with Crippen molar-refractivity contribution in [2.75, 3.05) is 0 Å². The summed E-state index contributed by atoms with van der Waals surface area (Å²) in [4.78, 5) is 9.96. The van der Waals surface area contributed by atoms with Crippen LogP contribution in [0.3, 0.4) is 0 Å². The van der Waals surface area contributed by atoms with E-state index in [1.165, 1.54) is 17.2 Å². The molecule has 0 atom stereocenters. The average molecular weight is 178 g/mol. The summed E-state index contributed by atoms with van der Waals surface area (Å²) in [6.45, 7) is 6.28. The highest BCUT2D eigenvalue weighted by Gasteiger charge is 1.86. The van der Waals surface area contributed by atoms with Gasteiger partial charge in [0, 0.05) is 0 Å². The predicted octanol–water partition coefficient (Wildman–Crippen LogP) is 3.43. The highest BCUT2D eigenvalue weighted by Crippen LogP contribution is 2.06. The average Bonchev–Trinajstić information content (AvgIpc) is 2.04. The van der Waals surface area contributed by atoms with Crippen LogP contribution in [0.4, 0.5) is 0 Å². The van der Waals surface area contributed by atoms with Crippen LogP contribution in [0.25, 0.3) is 0 Å². The lowest BCUT2D eigenvalue weighted by atomic mass is 10.1. The summed E-state index contributed by atoms with van der Waals surface area (Å²) in [6, 6.07) is 0. The summed E-state index contributed by atoms with van der Waals surface area (Å²) in [5, 5.41) is 0. The Bertz CT molecular complexity index is 228. The summed E-state index contributed by atoms with van der Waals surface area (Å²) in [5.41, 5.74) is 2.66. The van der Waals surface area contributed by atoms with E-state index in [0.29, 0.717) is 0 Å². The van der Waals surface area contributed by atoms with Crippen LogP contribution in [0, 0.1) is 0 Å². The molecule has 0 spiro atoms. The van der Waals surface area contributed by atoms with Crippen LogP contribution in [0.1, 0.15) is 33.6 Å². The van der Waals surface area contributed by atoms with Gasteiger partial charge >= 0.3 is 0 Å². The normalized spacial score (nSPS) is 11.8. The molecule has 0 saturated heterocycles. The van der Waals surface area contributed by atoms with Crippen LogP contribution in [-0.4, -0.2) is 6.29 Å². The van der Waals surface area contributed by atoms with Crippen molar-refractivity contribution in [3.8, 4) is 0 Å². The van der Waals surface area contributed by atoms with Crippen molar-refractivity contribution in [1.82, 2.24) is 0 Å². The first-order chi connectivity index (χ1) is 6.16. The molecule has 0 aliphatic carbocycles. The van der Waals surface area contributed by atoms with Crippen molar-refractivity contribution < 1.29 is 4.79 Å². The maximum atomic E-state index is 9.96. The number of carbonyl (C=O) groups is 1. The first kappa shape index (κ1) is 11.9. The lowest BCUT2D eigenvalue weighted by molar-refractivity contribution is -0.104. The minimum absolute atomic E-state index is 0.792. The Kier molecular flexibility index (Phi) is 6.89. The van der Waals surface area contributed by atoms with E-state index in [4.69, 9.17) is 0 Å². The quantitative estimate of drug-likeness (QED) is 0.273. The number of carbonyl (C=O) groups excluding carboxylic acids is 1. The summed E-state index contributed by atoms with van der Waals surface area (Å²) in [5.74, 6) is 0. The fourth-order valence-corrected chi connectivity index (χ4v) is 0.937. The third kappa shape index (κ3) is 8.80. The standard InChI is InChI=1S/C12H18O/c1-11(2)7-6-9-12(3)8-4-5-10-13/h4-5,7-8,10H,6,9H2,1-3H3/b5-4+,12-8-. The van der Waals surface area contributed by atoms with Crippen LogP contribution < -0.4 is 0 Å². The molecular formula is C12H18O. The van der Waals surface area contributed by atoms with Gasteiger partial charge in [0.2, 0.25) is 0 Å². The highest BCUT2D eigenvalue weighted by molar-refractivity contribution is 5.65. The van der Waals surface area contributed by atoms with E-state index in [1.807, 2.05) is 6.08 Å². The Labute approximate surface area is 80.8 Å². The molecule has 0 radical (unpaired) electrons. The van der Waals surface area contributed by atoms with Crippen molar-refractivity contribution in [3.63, 3.8) is 0 Å². The molecular weight excluding hydrogens is 160 g/mol. The molecule has 0 rings (SSSR count). The smallest absolute Gasteiger partial charge is 0.142 e. The third-order valence-corrected chi connectivity index (χ3v) is 1.66. The zero-order valence-corrected chi connectivity index (χ0v) is 8.71. The van der Waals surface area contributed by atoms with Gasteiger partial charge < -0.3 is 0 Å². The molecule has 0 unspecified atom stereocenters. The first-order valence-corrected chi connectivity index (χ1v) is 4.57. The number of rotatable bonds is 5. The first-order valence-electron chi connectivity index (χ1n) is 4.57. The SMILES string of the molecule is CC(C)=CCC/C(C)=C\C=C\C=O. The molecule has 1 heteroatoms. The van der Waals surface area contributed by atoms with Crippen molar-refractivity contribution in [1.29, 1.82) is 0 Å². The monoisotopic (exact) mass is 178 g/mol. The van der Waals surface area contributed by atoms with Crippen LogP contribution in [0.2, 0.25) is 0 Å². The van der Waals surface area contributed by atoms with Crippen LogP contribution in [-0.2, 0) is 4.79 Å². The van der Waals surface area contributed by atoms with Crippen molar-refractivity contribution in [2.45, 2.75) is 33.6 Å². The number of hydrogen-bond donors (Lipinski definition) is 0. The van der Waals surface area contributed by atoms with E-state index in [9.17, 15) is 4.79 Å². The van der Waals surface area contributed by atoms with Gasteiger partial charge in [-0.1, -0.05) is 29.4 Å². The molecule has 0 heterocycles. The van der Waals surface area contributed by atoms with Gasteiger partial charge in [-0.15, -0.1) is 0 Å². The second kappa shape index (κ2) is 7.53. The molecule has 0 aliphatic rings. The molecule has 72 valence electrons. The Morgan fingerprint density at radius 2 is 1.85 bits per heavy atom. The van der Waals surface area contributed by atoms with E-state index in [0.717, 1.165) is 19.1 Å². The molecule has 0 aliphatic heterocycles. The lowest BCUT2D eigenvalue weighted by Gasteiger charge is -1.95. The summed E-state index contributed by atoms with van der Waals surface area (Å²) in [7, 11) is 0. The zero-order chi connectivity index (χ0) is 10.1. The number of allylic oxidation sites excluding steroid dienone is 6. The van der Waals surface area contributed by atoms with E-state index >= 15 is 0 Å². The van der Waals surface area contributed by atoms with Gasteiger partial charge in [-0.2, -0.15) is 0 Å². The molecule has 0 N–H and O–H groups in total. The van der Waals surface area contributed by atoms with Gasteiger partial charge in [0.05, 0.1) is 0 Å². The zero-order valence-electron chi connectivity index (χ0n) is 8.71. The molecule has 0 amide bonds. The van der Waals surface area contributed by atoms with Crippen molar-refractivity contribution >= 4 is 6.29 Å². The van der Waals surface area contributed by atoms with E-state index in [1.54, 1.807) is 6.08 Å². The third-order valence-electron chi connectivity index (χ3n) is 1.66. The minimum atomic E-state index is 0.792. The van der Waals surface area contributed by atoms with E-state index < -0.39 is 0 Å². The highest BCUT2D eigenvalue weighted by atomic mass is 16.1. The van der Waals surface area contributed by atoms with Crippen LogP contribution in [0.5, 0.6) is 0 Å². The second-order valence-corrected chi connectivity index (χ2v) is 3.35. The van der Waals surface area contributed by atoms with Gasteiger partial charge in [-0.05, 0) is 39.7 Å². The molecule has 0 aromatic rings. The molecule has 0 bridgehead atoms. The summed E-state index contributed by atoms with van der Waals surface area (Å²) >= 11 is 0. The Morgan fingerprint density at radius 1 is 1.15 bits per heavy atom. The summed E-state index contributed by atoms with van der Waals surface area (Å²) in [6.07, 6.45) is 10.4. The molecule has 1 nitrogen and oxygen atoms in total. The maximum absolute atomic E-state index is 9.96.